The van der Waals surface area contributed by atoms with Gasteiger partial charge in [-0.05, 0) is 18.2 Å². The Kier molecular flexibility index (Phi) is 5.97. The van der Waals surface area contributed by atoms with Crippen LogP contribution in [0, 0.1) is 0 Å². The van der Waals surface area contributed by atoms with Crippen molar-refractivity contribution in [1.29, 1.82) is 0 Å². The van der Waals surface area contributed by atoms with E-state index in [-0.39, 0.29) is 22.6 Å². The van der Waals surface area contributed by atoms with Gasteiger partial charge in [0.05, 0.1) is 24.1 Å². The molecule has 2 rings (SSSR count). The fraction of sp³-hybridized carbons (Fsp3) is 0.250. The third-order valence-corrected chi connectivity index (χ3v) is 4.28. The number of alkyl halides is 2. The summed E-state index contributed by atoms with van der Waals surface area (Å²) in [7, 11) is 1.31. The molecule has 0 aliphatic heterocycles. The van der Waals surface area contributed by atoms with Gasteiger partial charge in [0.2, 0.25) is 0 Å². The zero-order valence-corrected chi connectivity index (χ0v) is 13.6. The third-order valence-electron chi connectivity index (χ3n) is 3.21. The molecule has 0 aliphatic rings. The van der Waals surface area contributed by atoms with Crippen molar-refractivity contribution < 1.29 is 27.9 Å². The topological polar surface area (TPSA) is 70.8 Å². The average molecular weight is 355 g/mol. The predicted octanol–water partition coefficient (Wildman–Crippen LogP) is 3.61. The van der Waals surface area contributed by atoms with Crippen LogP contribution < -0.4 is 0 Å². The highest BCUT2D eigenvalue weighted by atomic mass is 32.2. The number of carbonyl (C=O) groups is 2. The number of carbonyl (C=O) groups excluding carboxylic acids is 1. The molecule has 1 amide bonds. The van der Waals surface area contributed by atoms with Crippen LogP contribution in [0.2, 0.25) is 0 Å². The molecule has 1 aromatic heterocycles. The molecule has 1 N–H and O–H groups in total. The monoisotopic (exact) mass is 355 g/mol. The van der Waals surface area contributed by atoms with Gasteiger partial charge in [-0.25, -0.2) is 13.6 Å². The molecule has 0 fully saturated rings. The van der Waals surface area contributed by atoms with E-state index in [4.69, 9.17) is 9.52 Å². The smallest absolute Gasteiger partial charge is 0.339 e. The summed E-state index contributed by atoms with van der Waals surface area (Å²) < 4.78 is 30.0. The van der Waals surface area contributed by atoms with E-state index in [0.717, 1.165) is 4.90 Å². The Morgan fingerprint density at radius 3 is 2.62 bits per heavy atom. The summed E-state index contributed by atoms with van der Waals surface area (Å²) in [6, 6.07) is 7.94. The molecule has 0 radical (unpaired) electrons. The number of hydrogen-bond donors (Lipinski definition) is 1. The van der Waals surface area contributed by atoms with Crippen molar-refractivity contribution in [3.8, 4) is 0 Å². The number of carboxylic acids is 1. The van der Waals surface area contributed by atoms with Crippen molar-refractivity contribution in [3.05, 3.63) is 53.5 Å². The Hall–Kier alpha value is -2.35. The van der Waals surface area contributed by atoms with Gasteiger partial charge in [0, 0.05) is 11.9 Å². The van der Waals surface area contributed by atoms with Gasteiger partial charge in [-0.1, -0.05) is 12.1 Å². The first-order chi connectivity index (χ1) is 11.4. The summed E-state index contributed by atoms with van der Waals surface area (Å²) in [6.45, 7) is -0.654. The summed E-state index contributed by atoms with van der Waals surface area (Å²) in [5.74, 6) is -1.13. The van der Waals surface area contributed by atoms with Crippen LogP contribution >= 0.6 is 11.8 Å². The Balaban J connectivity index is 2.15. The fourth-order valence-electron chi connectivity index (χ4n) is 2.05. The van der Waals surface area contributed by atoms with Crippen LogP contribution in [-0.4, -0.2) is 41.9 Å². The van der Waals surface area contributed by atoms with Gasteiger partial charge in [0.15, 0.2) is 0 Å². The number of rotatable bonds is 7. The largest absolute Gasteiger partial charge is 0.478 e. The van der Waals surface area contributed by atoms with Gasteiger partial charge in [0.1, 0.15) is 11.3 Å². The molecule has 2 aromatic rings. The zero-order chi connectivity index (χ0) is 17.7. The highest BCUT2D eigenvalue weighted by molar-refractivity contribution is 7.98. The molecule has 24 heavy (non-hydrogen) atoms. The van der Waals surface area contributed by atoms with Crippen LogP contribution in [-0.2, 0) is 5.75 Å². The second-order valence-corrected chi connectivity index (χ2v) is 5.94. The average Bonchev–Trinajstić information content (AvgIpc) is 3.00. The molecule has 0 saturated heterocycles. The molecule has 1 aromatic carbocycles. The molecule has 0 unspecified atom stereocenters. The van der Waals surface area contributed by atoms with E-state index in [9.17, 15) is 18.4 Å². The van der Waals surface area contributed by atoms with Crippen LogP contribution in [0.4, 0.5) is 8.78 Å². The number of benzene rings is 1. The van der Waals surface area contributed by atoms with Crippen LogP contribution in [0.3, 0.4) is 0 Å². The Morgan fingerprint density at radius 1 is 1.25 bits per heavy atom. The number of furan rings is 1. The van der Waals surface area contributed by atoms with Gasteiger partial charge in [-0.15, -0.1) is 11.8 Å². The Labute approximate surface area is 141 Å². The fourth-order valence-corrected chi connectivity index (χ4v) is 3.05. The second-order valence-electron chi connectivity index (χ2n) is 4.92. The minimum Gasteiger partial charge on any atom is -0.478 e. The summed E-state index contributed by atoms with van der Waals surface area (Å²) in [5.41, 5.74) is 0.343. The normalized spacial score (nSPS) is 10.8. The molecule has 8 heteroatoms. The quantitative estimate of drug-likeness (QED) is 0.769. The van der Waals surface area contributed by atoms with Crippen molar-refractivity contribution in [2.45, 2.75) is 17.1 Å². The van der Waals surface area contributed by atoms with E-state index >= 15 is 0 Å². The van der Waals surface area contributed by atoms with E-state index < -0.39 is 24.8 Å². The van der Waals surface area contributed by atoms with Crippen LogP contribution in [0.1, 0.15) is 26.5 Å². The molecule has 0 spiro atoms. The first-order valence-electron chi connectivity index (χ1n) is 6.95. The lowest BCUT2D eigenvalue weighted by atomic mass is 10.2. The first kappa shape index (κ1) is 18.0. The molecular weight excluding hydrogens is 340 g/mol. The summed E-state index contributed by atoms with van der Waals surface area (Å²) >= 11 is 1.21. The second kappa shape index (κ2) is 7.96. The number of hydrogen-bond acceptors (Lipinski definition) is 4. The molecule has 5 nitrogen and oxygen atoms in total. The van der Waals surface area contributed by atoms with Crippen LogP contribution in [0.25, 0.3) is 0 Å². The molecule has 1 heterocycles. The molecule has 0 bridgehead atoms. The molecule has 0 aliphatic carbocycles. The maximum Gasteiger partial charge on any atom is 0.339 e. The molecule has 0 saturated carbocycles. The van der Waals surface area contributed by atoms with Crippen molar-refractivity contribution in [2.24, 2.45) is 0 Å². The maximum atomic E-state index is 12.4. The Morgan fingerprint density at radius 2 is 1.96 bits per heavy atom. The number of halogens is 2. The van der Waals surface area contributed by atoms with Gasteiger partial charge in [-0.3, -0.25) is 4.79 Å². The summed E-state index contributed by atoms with van der Waals surface area (Å²) in [5, 5.41) is 9.05. The van der Waals surface area contributed by atoms with Gasteiger partial charge >= 0.3 is 5.97 Å². The van der Waals surface area contributed by atoms with Crippen molar-refractivity contribution in [2.75, 3.05) is 13.6 Å². The first-order valence-corrected chi connectivity index (χ1v) is 7.93. The summed E-state index contributed by atoms with van der Waals surface area (Å²) in [6.07, 6.45) is -1.33. The molecular formula is C16H15F2NO4S. The highest BCUT2D eigenvalue weighted by Gasteiger charge is 2.20. The predicted molar refractivity (Wildman–Crippen MR) is 84.6 cm³/mol. The van der Waals surface area contributed by atoms with Gasteiger partial charge in [0.25, 0.3) is 12.3 Å². The number of carboxylic acid groups (broad SMARTS) is 1. The van der Waals surface area contributed by atoms with Crippen molar-refractivity contribution in [3.63, 3.8) is 0 Å². The van der Waals surface area contributed by atoms with Gasteiger partial charge < -0.3 is 14.4 Å². The SMILES string of the molecule is CN(CC(F)F)C(=O)c1ccccc1SCc1occc1C(=O)O. The van der Waals surface area contributed by atoms with E-state index in [1.807, 2.05) is 0 Å². The van der Waals surface area contributed by atoms with Crippen molar-refractivity contribution in [1.82, 2.24) is 4.90 Å². The van der Waals surface area contributed by atoms with E-state index in [1.165, 1.54) is 31.1 Å². The lowest BCUT2D eigenvalue weighted by Gasteiger charge is -2.18. The number of aromatic carboxylic acids is 1. The van der Waals surface area contributed by atoms with E-state index in [2.05, 4.69) is 0 Å². The molecule has 128 valence electrons. The van der Waals surface area contributed by atoms with Gasteiger partial charge in [-0.2, -0.15) is 0 Å². The minimum atomic E-state index is -2.61. The number of thioether (sulfide) groups is 1. The lowest BCUT2D eigenvalue weighted by molar-refractivity contribution is 0.0617. The molecule has 0 atom stereocenters. The zero-order valence-electron chi connectivity index (χ0n) is 12.7. The van der Waals surface area contributed by atoms with E-state index in [0.29, 0.717) is 4.90 Å². The highest BCUT2D eigenvalue weighted by Crippen LogP contribution is 2.28. The van der Waals surface area contributed by atoms with Crippen LogP contribution in [0.5, 0.6) is 0 Å². The van der Waals surface area contributed by atoms with E-state index in [1.54, 1.807) is 24.3 Å². The standard InChI is InChI=1S/C16H15F2NO4S/c1-19(8-14(17)18)15(20)11-4-2-3-5-13(11)24-9-12-10(16(21)22)6-7-23-12/h2-7,14H,8-9H2,1H3,(H,21,22). The van der Waals surface area contributed by atoms with Crippen molar-refractivity contribution >= 4 is 23.6 Å². The minimum absolute atomic E-state index is 0.0566. The summed E-state index contributed by atoms with van der Waals surface area (Å²) in [4.78, 5) is 24.9. The number of amides is 1. The maximum absolute atomic E-state index is 12.4. The number of nitrogens with zero attached hydrogens (tertiary/aromatic N) is 1. The van der Waals surface area contributed by atoms with Crippen LogP contribution in [0.15, 0.2) is 45.9 Å². The Bertz CT molecular complexity index is 732. The lowest BCUT2D eigenvalue weighted by Crippen LogP contribution is -2.31. The third kappa shape index (κ3) is 4.35.